The van der Waals surface area contributed by atoms with Gasteiger partial charge >= 0.3 is 0 Å². The lowest BCUT2D eigenvalue weighted by Crippen LogP contribution is -2.10. The average Bonchev–Trinajstić information content (AvgIpc) is 2.46. The number of nitrogens with zero attached hydrogens (tertiary/aromatic N) is 2. The summed E-state index contributed by atoms with van der Waals surface area (Å²) in [4.78, 5) is 14.5. The molecule has 110 valence electrons. The molecule has 0 amide bonds. The third-order valence-corrected chi connectivity index (χ3v) is 3.69. The number of rotatable bonds is 5. The summed E-state index contributed by atoms with van der Waals surface area (Å²) in [7, 11) is 0. The van der Waals surface area contributed by atoms with E-state index >= 15 is 0 Å². The van der Waals surface area contributed by atoms with E-state index < -0.39 is 4.92 Å². The maximum atomic E-state index is 10.8. The topological polar surface area (TPSA) is 103 Å². The number of pyridine rings is 1. The number of nitro benzene ring substituents is 1. The number of nitrogens with one attached hydrogen (secondary N) is 1. The highest BCUT2D eigenvalue weighted by atomic mass is 79.9. The smallest absolute Gasteiger partial charge is 0.271 e. The van der Waals surface area contributed by atoms with Gasteiger partial charge in [0.2, 0.25) is 0 Å². The number of anilines is 1. The van der Waals surface area contributed by atoms with E-state index in [-0.39, 0.29) is 12.3 Å². The van der Waals surface area contributed by atoms with E-state index in [1.54, 1.807) is 18.2 Å². The molecule has 2 rings (SSSR count). The van der Waals surface area contributed by atoms with Crippen LogP contribution in [0.4, 0.5) is 11.5 Å². The van der Waals surface area contributed by atoms with Gasteiger partial charge in [0, 0.05) is 12.1 Å². The Kier molecular flexibility index (Phi) is 5.10. The van der Waals surface area contributed by atoms with E-state index in [1.165, 1.54) is 12.1 Å². The number of nitrogen functional groups attached to an aromatic ring is 1. The van der Waals surface area contributed by atoms with Crippen molar-refractivity contribution in [1.29, 1.82) is 0 Å². The molecule has 9 heteroatoms. The molecule has 3 N–H and O–H groups in total. The molecular formula is C12H10Br2N4O3. The number of benzene rings is 1. The van der Waals surface area contributed by atoms with Crippen molar-refractivity contribution in [2.45, 2.75) is 6.61 Å². The lowest BCUT2D eigenvalue weighted by Gasteiger charge is -2.10. The molecular weight excluding hydrogens is 408 g/mol. The second kappa shape index (κ2) is 6.83. The highest BCUT2D eigenvalue weighted by Gasteiger charge is 2.15. The fourth-order valence-electron chi connectivity index (χ4n) is 1.58. The quantitative estimate of drug-likeness (QED) is 0.439. The first-order valence-corrected chi connectivity index (χ1v) is 7.28. The molecule has 0 aliphatic rings. The van der Waals surface area contributed by atoms with Crippen molar-refractivity contribution in [2.75, 3.05) is 5.43 Å². The van der Waals surface area contributed by atoms with Gasteiger partial charge in [-0.25, -0.2) is 10.8 Å². The molecule has 0 aliphatic carbocycles. The second-order valence-corrected chi connectivity index (χ2v) is 5.65. The van der Waals surface area contributed by atoms with Crippen molar-refractivity contribution in [2.24, 2.45) is 5.84 Å². The van der Waals surface area contributed by atoms with Crippen LogP contribution in [0.15, 0.2) is 39.3 Å². The van der Waals surface area contributed by atoms with E-state index in [0.29, 0.717) is 26.2 Å². The number of hydrogen-bond acceptors (Lipinski definition) is 6. The fraction of sp³-hybridized carbons (Fsp3) is 0.0833. The first kappa shape index (κ1) is 15.7. The molecule has 0 unspecified atom stereocenters. The summed E-state index contributed by atoms with van der Waals surface area (Å²) in [5, 5.41) is 10.8. The van der Waals surface area contributed by atoms with E-state index in [0.717, 1.165) is 0 Å². The highest BCUT2D eigenvalue weighted by Crippen LogP contribution is 2.37. The Morgan fingerprint density at radius 3 is 2.57 bits per heavy atom. The van der Waals surface area contributed by atoms with Crippen LogP contribution in [-0.4, -0.2) is 9.91 Å². The minimum atomic E-state index is -0.475. The van der Waals surface area contributed by atoms with Crippen LogP contribution in [0.2, 0.25) is 0 Å². The van der Waals surface area contributed by atoms with Gasteiger partial charge in [0.25, 0.3) is 5.69 Å². The van der Waals surface area contributed by atoms with Crippen molar-refractivity contribution in [3.8, 4) is 5.75 Å². The van der Waals surface area contributed by atoms with Crippen molar-refractivity contribution in [3.05, 3.63) is 55.1 Å². The Hall–Kier alpha value is -1.71. The molecule has 2 aromatic rings. The number of halogens is 2. The summed E-state index contributed by atoms with van der Waals surface area (Å²) in [5.74, 6) is 6.28. The largest absolute Gasteiger partial charge is 0.485 e. The molecule has 0 saturated carbocycles. The van der Waals surface area contributed by atoms with Crippen molar-refractivity contribution < 1.29 is 9.66 Å². The summed E-state index contributed by atoms with van der Waals surface area (Å²) < 4.78 is 6.61. The lowest BCUT2D eigenvalue weighted by atomic mass is 10.3. The van der Waals surface area contributed by atoms with Gasteiger partial charge in [-0.15, -0.1) is 0 Å². The molecule has 1 aromatic carbocycles. The lowest BCUT2D eigenvalue weighted by molar-refractivity contribution is -0.385. The predicted molar refractivity (Wildman–Crippen MR) is 84.9 cm³/mol. The standard InChI is InChI=1S/C12H10Br2N4O3/c13-9-4-8(18(19)20)5-10(14)12(9)21-6-7-2-1-3-11(16-7)17-15/h1-5H,6,15H2,(H,16,17). The van der Waals surface area contributed by atoms with Crippen LogP contribution in [-0.2, 0) is 6.61 Å². The summed E-state index contributed by atoms with van der Waals surface area (Å²) in [5.41, 5.74) is 3.08. The van der Waals surface area contributed by atoms with E-state index in [1.807, 2.05) is 0 Å². The molecule has 21 heavy (non-hydrogen) atoms. The van der Waals surface area contributed by atoms with Gasteiger partial charge in [0.15, 0.2) is 0 Å². The van der Waals surface area contributed by atoms with Gasteiger partial charge < -0.3 is 10.2 Å². The maximum Gasteiger partial charge on any atom is 0.271 e. The van der Waals surface area contributed by atoms with Gasteiger partial charge in [0.1, 0.15) is 18.2 Å². The summed E-state index contributed by atoms with van der Waals surface area (Å²) in [6.07, 6.45) is 0. The molecule has 0 radical (unpaired) electrons. The zero-order valence-electron chi connectivity index (χ0n) is 10.5. The van der Waals surface area contributed by atoms with Crippen LogP contribution >= 0.6 is 31.9 Å². The Labute approximate surface area is 136 Å². The molecule has 0 atom stereocenters. The third kappa shape index (κ3) is 3.90. The third-order valence-electron chi connectivity index (χ3n) is 2.51. The molecule has 0 bridgehead atoms. The Morgan fingerprint density at radius 1 is 1.33 bits per heavy atom. The zero-order valence-corrected chi connectivity index (χ0v) is 13.7. The molecule has 0 fully saturated rings. The van der Waals surface area contributed by atoms with Crippen molar-refractivity contribution >= 4 is 43.4 Å². The molecule has 1 heterocycles. The minimum Gasteiger partial charge on any atom is -0.485 e. The summed E-state index contributed by atoms with van der Waals surface area (Å²) >= 11 is 6.51. The van der Waals surface area contributed by atoms with Crippen LogP contribution < -0.4 is 16.0 Å². The fourth-order valence-corrected chi connectivity index (χ4v) is 2.97. The van der Waals surface area contributed by atoms with Gasteiger partial charge in [-0.2, -0.15) is 0 Å². The normalized spacial score (nSPS) is 10.2. The number of hydrogen-bond donors (Lipinski definition) is 2. The monoisotopic (exact) mass is 416 g/mol. The van der Waals surface area contributed by atoms with Crippen LogP contribution in [0, 0.1) is 10.1 Å². The first-order chi connectivity index (χ1) is 10.0. The summed E-state index contributed by atoms with van der Waals surface area (Å²) in [6, 6.07) is 8.06. The van der Waals surface area contributed by atoms with Crippen molar-refractivity contribution in [3.63, 3.8) is 0 Å². The molecule has 1 aromatic heterocycles. The molecule has 7 nitrogen and oxygen atoms in total. The zero-order chi connectivity index (χ0) is 15.4. The number of nitro groups is 1. The van der Waals surface area contributed by atoms with E-state index in [9.17, 15) is 10.1 Å². The van der Waals surface area contributed by atoms with Crippen LogP contribution in [0.3, 0.4) is 0 Å². The van der Waals surface area contributed by atoms with Crippen molar-refractivity contribution in [1.82, 2.24) is 4.98 Å². The Balaban J connectivity index is 2.18. The van der Waals surface area contributed by atoms with E-state index in [2.05, 4.69) is 42.3 Å². The van der Waals surface area contributed by atoms with Crippen LogP contribution in [0.5, 0.6) is 5.75 Å². The molecule has 0 spiro atoms. The minimum absolute atomic E-state index is 0.0337. The van der Waals surface area contributed by atoms with Gasteiger partial charge in [0.05, 0.1) is 19.6 Å². The van der Waals surface area contributed by atoms with Gasteiger partial charge in [-0.3, -0.25) is 10.1 Å². The number of hydrazine groups is 1. The highest BCUT2D eigenvalue weighted by molar-refractivity contribution is 9.11. The number of ether oxygens (including phenoxy) is 1. The first-order valence-electron chi connectivity index (χ1n) is 5.70. The van der Waals surface area contributed by atoms with Crippen LogP contribution in [0.25, 0.3) is 0 Å². The number of aromatic nitrogens is 1. The maximum absolute atomic E-state index is 10.8. The Morgan fingerprint density at radius 2 is 2.00 bits per heavy atom. The molecule has 0 saturated heterocycles. The number of nitrogens with two attached hydrogens (primary N) is 1. The summed E-state index contributed by atoms with van der Waals surface area (Å²) in [6.45, 7) is 0.199. The molecule has 0 aliphatic heterocycles. The van der Waals surface area contributed by atoms with Gasteiger partial charge in [-0.05, 0) is 44.0 Å². The number of non-ortho nitro benzene ring substituents is 1. The van der Waals surface area contributed by atoms with Gasteiger partial charge in [-0.1, -0.05) is 6.07 Å². The van der Waals surface area contributed by atoms with Crippen LogP contribution in [0.1, 0.15) is 5.69 Å². The average molecular weight is 418 g/mol. The SMILES string of the molecule is NNc1cccc(COc2c(Br)cc([N+](=O)[O-])cc2Br)n1. The van der Waals surface area contributed by atoms with E-state index in [4.69, 9.17) is 10.6 Å². The Bertz CT molecular complexity index is 658. The predicted octanol–water partition coefficient (Wildman–Crippen LogP) is 3.38. The second-order valence-electron chi connectivity index (χ2n) is 3.94.